The van der Waals surface area contributed by atoms with Crippen LogP contribution in [0.2, 0.25) is 0 Å². The zero-order valence-corrected chi connectivity index (χ0v) is 16.8. The van der Waals surface area contributed by atoms with Crippen molar-refractivity contribution >= 4 is 17.7 Å². The normalized spacial score (nSPS) is 16.2. The molecular formula is C22H24N2O5. The van der Waals surface area contributed by atoms with Crippen LogP contribution in [0.4, 0.5) is 4.79 Å². The number of methoxy groups -OCH3 is 2. The highest BCUT2D eigenvalue weighted by Gasteiger charge is 2.36. The summed E-state index contributed by atoms with van der Waals surface area (Å²) in [7, 11) is 3.08. The van der Waals surface area contributed by atoms with Crippen molar-refractivity contribution in [2.45, 2.75) is 26.0 Å². The topological polar surface area (TPSA) is 85.9 Å². The number of urea groups is 1. The summed E-state index contributed by atoms with van der Waals surface area (Å²) in [6.45, 7) is 3.55. The Balaban J connectivity index is 2.23. The Bertz CT molecular complexity index is 937. The third kappa shape index (κ3) is 4.34. The molecule has 0 fully saturated rings. The first-order valence-electron chi connectivity index (χ1n) is 9.24. The van der Waals surface area contributed by atoms with E-state index in [0.29, 0.717) is 28.3 Å². The number of hydrogen-bond donors (Lipinski definition) is 2. The summed E-state index contributed by atoms with van der Waals surface area (Å²) >= 11 is 0. The largest absolute Gasteiger partial charge is 0.497 e. The molecule has 7 nitrogen and oxygen atoms in total. The summed E-state index contributed by atoms with van der Waals surface area (Å²) in [5.74, 6) is 0.563. The first-order chi connectivity index (χ1) is 13.9. The molecule has 1 atom stereocenters. The van der Waals surface area contributed by atoms with Crippen LogP contribution in [0.1, 0.15) is 31.0 Å². The van der Waals surface area contributed by atoms with Gasteiger partial charge in [-0.25, -0.2) is 9.59 Å². The fraction of sp³-hybridized carbons (Fsp3) is 0.273. The Morgan fingerprint density at radius 3 is 2.38 bits per heavy atom. The van der Waals surface area contributed by atoms with Crippen molar-refractivity contribution in [3.8, 4) is 11.5 Å². The van der Waals surface area contributed by atoms with Gasteiger partial charge in [-0.2, -0.15) is 0 Å². The predicted octanol–water partition coefficient (Wildman–Crippen LogP) is 3.42. The van der Waals surface area contributed by atoms with Crippen LogP contribution >= 0.6 is 0 Å². The molecule has 2 amide bonds. The Morgan fingerprint density at radius 2 is 1.76 bits per heavy atom. The number of amides is 2. The van der Waals surface area contributed by atoms with Crippen LogP contribution in [0.5, 0.6) is 11.5 Å². The molecule has 1 heterocycles. The molecule has 0 aromatic heterocycles. The minimum Gasteiger partial charge on any atom is -0.497 e. The van der Waals surface area contributed by atoms with E-state index in [1.807, 2.05) is 30.3 Å². The van der Waals surface area contributed by atoms with Crippen LogP contribution in [0.15, 0.2) is 54.1 Å². The molecule has 2 N–H and O–H groups in total. The molecule has 1 aliphatic rings. The van der Waals surface area contributed by atoms with Crippen LogP contribution in [0, 0.1) is 0 Å². The Labute approximate surface area is 169 Å². The number of carbonyl (C=O) groups excluding carboxylic acids is 2. The van der Waals surface area contributed by atoms with E-state index in [-0.39, 0.29) is 11.7 Å². The zero-order valence-electron chi connectivity index (χ0n) is 16.8. The highest BCUT2D eigenvalue weighted by atomic mass is 16.5. The zero-order chi connectivity index (χ0) is 21.0. The van der Waals surface area contributed by atoms with Crippen LogP contribution in [-0.2, 0) is 9.53 Å². The third-order valence-corrected chi connectivity index (χ3v) is 4.44. The molecule has 2 aromatic carbocycles. The quantitative estimate of drug-likeness (QED) is 0.731. The van der Waals surface area contributed by atoms with Gasteiger partial charge in [0.05, 0.1) is 37.6 Å². The number of hydrogen-bond acceptors (Lipinski definition) is 5. The first kappa shape index (κ1) is 20.3. The summed E-state index contributed by atoms with van der Waals surface area (Å²) in [5, 5.41) is 5.58. The SMILES string of the molecule is COc1ccc(OC)c(C2NC(=O)NC(c3ccccc3)=C2C(=O)OC(C)C)c1. The van der Waals surface area contributed by atoms with Crippen LogP contribution < -0.4 is 20.1 Å². The molecule has 1 aliphatic heterocycles. The number of ether oxygens (including phenoxy) is 3. The average Bonchev–Trinajstić information content (AvgIpc) is 2.72. The van der Waals surface area contributed by atoms with Crippen molar-refractivity contribution in [3.63, 3.8) is 0 Å². The van der Waals surface area contributed by atoms with E-state index in [2.05, 4.69) is 10.6 Å². The molecule has 3 rings (SSSR count). The second-order valence-electron chi connectivity index (χ2n) is 6.75. The Morgan fingerprint density at radius 1 is 1.03 bits per heavy atom. The maximum absolute atomic E-state index is 13.1. The lowest BCUT2D eigenvalue weighted by molar-refractivity contribution is -0.143. The third-order valence-electron chi connectivity index (χ3n) is 4.44. The maximum atomic E-state index is 13.1. The van der Waals surface area contributed by atoms with Gasteiger partial charge in [0, 0.05) is 5.56 Å². The lowest BCUT2D eigenvalue weighted by Gasteiger charge is -2.31. The molecule has 1 unspecified atom stereocenters. The van der Waals surface area contributed by atoms with Gasteiger partial charge in [0.15, 0.2) is 0 Å². The van der Waals surface area contributed by atoms with Crippen molar-refractivity contribution < 1.29 is 23.8 Å². The second-order valence-corrected chi connectivity index (χ2v) is 6.75. The van der Waals surface area contributed by atoms with Crippen molar-refractivity contribution in [1.82, 2.24) is 10.6 Å². The van der Waals surface area contributed by atoms with E-state index in [4.69, 9.17) is 14.2 Å². The molecule has 2 aromatic rings. The molecule has 0 radical (unpaired) electrons. The van der Waals surface area contributed by atoms with Crippen molar-refractivity contribution in [2.24, 2.45) is 0 Å². The lowest BCUT2D eigenvalue weighted by atomic mass is 9.92. The van der Waals surface area contributed by atoms with Gasteiger partial charge in [-0.3, -0.25) is 0 Å². The number of benzene rings is 2. The van der Waals surface area contributed by atoms with Gasteiger partial charge >= 0.3 is 12.0 Å². The monoisotopic (exact) mass is 396 g/mol. The van der Waals surface area contributed by atoms with Gasteiger partial charge in [-0.05, 0) is 37.6 Å². The van der Waals surface area contributed by atoms with E-state index in [1.165, 1.54) is 7.11 Å². The molecule has 152 valence electrons. The molecular weight excluding hydrogens is 372 g/mol. The highest BCUT2D eigenvalue weighted by molar-refractivity contribution is 6.04. The van der Waals surface area contributed by atoms with Gasteiger partial charge < -0.3 is 24.8 Å². The smallest absolute Gasteiger partial charge is 0.338 e. The average molecular weight is 396 g/mol. The summed E-state index contributed by atoms with van der Waals surface area (Å²) in [6.07, 6.45) is -0.322. The lowest BCUT2D eigenvalue weighted by Crippen LogP contribution is -2.45. The summed E-state index contributed by atoms with van der Waals surface area (Å²) < 4.78 is 16.3. The first-order valence-corrected chi connectivity index (χ1v) is 9.24. The number of nitrogens with one attached hydrogen (secondary N) is 2. The number of carbonyl (C=O) groups is 2. The summed E-state index contributed by atoms with van der Waals surface area (Å²) in [5.41, 5.74) is 1.97. The van der Waals surface area contributed by atoms with Crippen LogP contribution in [0.25, 0.3) is 5.70 Å². The van der Waals surface area contributed by atoms with Gasteiger partial charge in [-0.1, -0.05) is 30.3 Å². The van der Waals surface area contributed by atoms with Crippen LogP contribution in [0.3, 0.4) is 0 Å². The van der Waals surface area contributed by atoms with E-state index in [9.17, 15) is 9.59 Å². The molecule has 0 saturated heterocycles. The predicted molar refractivity (Wildman–Crippen MR) is 109 cm³/mol. The summed E-state index contributed by atoms with van der Waals surface area (Å²) in [4.78, 5) is 25.6. The Hall–Kier alpha value is -3.48. The minimum atomic E-state index is -0.782. The molecule has 29 heavy (non-hydrogen) atoms. The fourth-order valence-corrected chi connectivity index (χ4v) is 3.19. The van der Waals surface area contributed by atoms with Gasteiger partial charge in [-0.15, -0.1) is 0 Å². The molecule has 7 heteroatoms. The Kier molecular flexibility index (Phi) is 6.07. The van der Waals surface area contributed by atoms with Gasteiger partial charge in [0.1, 0.15) is 11.5 Å². The maximum Gasteiger partial charge on any atom is 0.338 e. The minimum absolute atomic E-state index is 0.288. The van der Waals surface area contributed by atoms with E-state index >= 15 is 0 Å². The van der Waals surface area contributed by atoms with E-state index in [0.717, 1.165) is 0 Å². The molecule has 0 aliphatic carbocycles. The highest BCUT2D eigenvalue weighted by Crippen LogP contribution is 2.38. The van der Waals surface area contributed by atoms with E-state index in [1.54, 1.807) is 39.2 Å². The molecule has 0 saturated carbocycles. The van der Waals surface area contributed by atoms with Crippen molar-refractivity contribution in [1.29, 1.82) is 0 Å². The number of rotatable bonds is 6. The van der Waals surface area contributed by atoms with Gasteiger partial charge in [0.25, 0.3) is 0 Å². The van der Waals surface area contributed by atoms with E-state index < -0.39 is 18.0 Å². The molecule has 0 spiro atoms. The van der Waals surface area contributed by atoms with Crippen LogP contribution in [-0.4, -0.2) is 32.3 Å². The second kappa shape index (κ2) is 8.68. The van der Waals surface area contributed by atoms with Crippen molar-refractivity contribution in [3.05, 3.63) is 65.2 Å². The van der Waals surface area contributed by atoms with Gasteiger partial charge in [0.2, 0.25) is 0 Å². The summed E-state index contributed by atoms with van der Waals surface area (Å²) in [6, 6.07) is 13.2. The standard InChI is InChI=1S/C22H24N2O5/c1-13(2)29-21(25)18-19(14-8-6-5-7-9-14)23-22(26)24-20(18)16-12-15(27-3)10-11-17(16)28-4/h5-13,20H,1-4H3,(H2,23,24,26). The molecule has 0 bridgehead atoms. The fourth-order valence-electron chi connectivity index (χ4n) is 3.19. The van der Waals surface area contributed by atoms with Crippen molar-refractivity contribution in [2.75, 3.05) is 14.2 Å². The number of esters is 1.